The van der Waals surface area contributed by atoms with Crippen LogP contribution in [0.25, 0.3) is 0 Å². The lowest BCUT2D eigenvalue weighted by molar-refractivity contribution is -0.111. The molecule has 0 bridgehead atoms. The highest BCUT2D eigenvalue weighted by Gasteiger charge is 2.38. The standard InChI is InChI=1S/C16H19F2NO3/c1-16(2,3)22-15(21)19-8-11(6-14(19)9-20)10-4-12(17)7-13(18)5-10/h4-5,7,9,11,14H,6,8H2,1-3H3/t11-,14?/m0/s1. The van der Waals surface area contributed by atoms with E-state index in [1.54, 1.807) is 20.8 Å². The molecule has 2 atom stereocenters. The predicted octanol–water partition coefficient (Wildman–Crippen LogP) is 3.26. The van der Waals surface area contributed by atoms with Crippen molar-refractivity contribution >= 4 is 12.4 Å². The first-order valence-corrected chi connectivity index (χ1v) is 7.10. The van der Waals surface area contributed by atoms with E-state index in [4.69, 9.17) is 4.74 Å². The van der Waals surface area contributed by atoms with E-state index in [1.807, 2.05) is 0 Å². The number of carbonyl (C=O) groups excluding carboxylic acids is 2. The van der Waals surface area contributed by atoms with Crippen LogP contribution >= 0.6 is 0 Å². The average Bonchev–Trinajstić information content (AvgIpc) is 2.79. The molecule has 22 heavy (non-hydrogen) atoms. The van der Waals surface area contributed by atoms with Crippen molar-refractivity contribution in [3.05, 3.63) is 35.4 Å². The van der Waals surface area contributed by atoms with Crippen LogP contribution in [0.2, 0.25) is 0 Å². The number of amides is 1. The van der Waals surface area contributed by atoms with Gasteiger partial charge in [0.15, 0.2) is 0 Å². The first kappa shape index (κ1) is 16.4. The molecule has 0 radical (unpaired) electrons. The molecule has 0 aliphatic carbocycles. The summed E-state index contributed by atoms with van der Waals surface area (Å²) in [6.45, 7) is 5.39. The number of likely N-dealkylation sites (tertiary alicyclic amines) is 1. The first-order valence-electron chi connectivity index (χ1n) is 7.10. The molecule has 1 unspecified atom stereocenters. The molecule has 1 heterocycles. The van der Waals surface area contributed by atoms with Crippen LogP contribution in [0.4, 0.5) is 13.6 Å². The predicted molar refractivity (Wildman–Crippen MR) is 76.5 cm³/mol. The topological polar surface area (TPSA) is 46.6 Å². The molecule has 6 heteroatoms. The Bertz CT molecular complexity index is 563. The minimum absolute atomic E-state index is 0.196. The molecular formula is C16H19F2NO3. The van der Waals surface area contributed by atoms with Crippen molar-refractivity contribution in [3.8, 4) is 0 Å². The molecule has 1 aliphatic heterocycles. The Morgan fingerprint density at radius 2 is 1.86 bits per heavy atom. The molecule has 1 saturated heterocycles. The number of halogens is 2. The molecular weight excluding hydrogens is 292 g/mol. The highest BCUT2D eigenvalue weighted by Crippen LogP contribution is 2.32. The SMILES string of the molecule is CC(C)(C)OC(=O)N1C[C@@H](c2cc(F)cc(F)c2)CC1C=O. The van der Waals surface area contributed by atoms with E-state index >= 15 is 0 Å². The summed E-state index contributed by atoms with van der Waals surface area (Å²) in [6.07, 6.45) is 0.398. The van der Waals surface area contributed by atoms with Crippen LogP contribution in [0, 0.1) is 11.6 Å². The number of rotatable bonds is 2. The van der Waals surface area contributed by atoms with Crippen molar-refractivity contribution in [1.29, 1.82) is 0 Å². The number of ether oxygens (including phenoxy) is 1. The van der Waals surface area contributed by atoms with Crippen LogP contribution in [-0.4, -0.2) is 35.5 Å². The summed E-state index contributed by atoms with van der Waals surface area (Å²) in [4.78, 5) is 24.6. The van der Waals surface area contributed by atoms with Crippen LogP contribution < -0.4 is 0 Å². The van der Waals surface area contributed by atoms with Gasteiger partial charge in [0.05, 0.1) is 6.04 Å². The smallest absolute Gasteiger partial charge is 0.410 e. The van der Waals surface area contributed by atoms with Crippen molar-refractivity contribution in [2.45, 2.75) is 44.8 Å². The summed E-state index contributed by atoms with van der Waals surface area (Å²) >= 11 is 0. The number of aldehydes is 1. The number of nitrogens with zero attached hydrogens (tertiary/aromatic N) is 1. The maximum absolute atomic E-state index is 13.3. The first-order chi connectivity index (χ1) is 10.2. The van der Waals surface area contributed by atoms with Gasteiger partial charge in [-0.25, -0.2) is 13.6 Å². The van der Waals surface area contributed by atoms with E-state index in [0.717, 1.165) is 6.07 Å². The van der Waals surface area contributed by atoms with Crippen LogP contribution in [-0.2, 0) is 9.53 Å². The monoisotopic (exact) mass is 311 g/mol. The van der Waals surface area contributed by atoms with E-state index in [1.165, 1.54) is 17.0 Å². The second-order valence-electron chi connectivity index (χ2n) is 6.47. The fourth-order valence-electron chi connectivity index (χ4n) is 2.58. The molecule has 2 rings (SSSR count). The Morgan fingerprint density at radius 1 is 1.27 bits per heavy atom. The zero-order valence-corrected chi connectivity index (χ0v) is 12.8. The Hall–Kier alpha value is -1.98. The van der Waals surface area contributed by atoms with Crippen molar-refractivity contribution in [1.82, 2.24) is 4.90 Å². The Labute approximate surface area is 128 Å². The second kappa shape index (κ2) is 6.02. The highest BCUT2D eigenvalue weighted by atomic mass is 19.1. The molecule has 0 N–H and O–H groups in total. The molecule has 1 aromatic carbocycles. The third-order valence-corrected chi connectivity index (χ3v) is 3.48. The van der Waals surface area contributed by atoms with Gasteiger partial charge in [-0.2, -0.15) is 0 Å². The normalized spacial score (nSPS) is 21.8. The summed E-state index contributed by atoms with van der Waals surface area (Å²) in [5.74, 6) is -1.64. The summed E-state index contributed by atoms with van der Waals surface area (Å²) in [6, 6.07) is 2.61. The van der Waals surface area contributed by atoms with E-state index in [2.05, 4.69) is 0 Å². The maximum Gasteiger partial charge on any atom is 0.410 e. The molecule has 0 aromatic heterocycles. The van der Waals surface area contributed by atoms with Crippen molar-refractivity contribution in [3.63, 3.8) is 0 Å². The van der Waals surface area contributed by atoms with E-state index in [0.29, 0.717) is 18.3 Å². The minimum Gasteiger partial charge on any atom is -0.444 e. The second-order valence-corrected chi connectivity index (χ2v) is 6.47. The van der Waals surface area contributed by atoms with E-state index in [-0.39, 0.29) is 12.5 Å². The van der Waals surface area contributed by atoms with Gasteiger partial charge in [0.2, 0.25) is 0 Å². The number of hydrogen-bond acceptors (Lipinski definition) is 3. The summed E-state index contributed by atoms with van der Waals surface area (Å²) in [7, 11) is 0. The summed E-state index contributed by atoms with van der Waals surface area (Å²) in [5, 5.41) is 0. The Morgan fingerprint density at radius 3 is 2.36 bits per heavy atom. The minimum atomic E-state index is -0.673. The van der Waals surface area contributed by atoms with Gasteiger partial charge in [-0.15, -0.1) is 0 Å². The van der Waals surface area contributed by atoms with Crippen LogP contribution in [0.5, 0.6) is 0 Å². The molecule has 1 fully saturated rings. The quantitative estimate of drug-likeness (QED) is 0.788. The van der Waals surface area contributed by atoms with Crippen molar-refractivity contribution in [2.75, 3.05) is 6.54 Å². The Kier molecular flexibility index (Phi) is 4.49. The van der Waals surface area contributed by atoms with Gasteiger partial charge in [-0.05, 0) is 44.9 Å². The molecule has 120 valence electrons. The molecule has 1 aromatic rings. The van der Waals surface area contributed by atoms with Gasteiger partial charge < -0.3 is 9.53 Å². The zero-order valence-electron chi connectivity index (χ0n) is 12.8. The molecule has 0 spiro atoms. The molecule has 1 aliphatic rings. The van der Waals surface area contributed by atoms with Crippen LogP contribution in [0.3, 0.4) is 0 Å². The van der Waals surface area contributed by atoms with Crippen LogP contribution in [0.15, 0.2) is 18.2 Å². The number of benzene rings is 1. The lowest BCUT2D eigenvalue weighted by atomic mass is 9.96. The van der Waals surface area contributed by atoms with E-state index in [9.17, 15) is 18.4 Å². The van der Waals surface area contributed by atoms with Gasteiger partial charge >= 0.3 is 6.09 Å². The van der Waals surface area contributed by atoms with Gasteiger partial charge in [-0.3, -0.25) is 4.90 Å². The molecule has 0 saturated carbocycles. The third kappa shape index (κ3) is 3.81. The third-order valence-electron chi connectivity index (χ3n) is 3.48. The highest BCUT2D eigenvalue weighted by molar-refractivity contribution is 5.75. The van der Waals surface area contributed by atoms with Crippen molar-refractivity contribution < 1.29 is 23.1 Å². The average molecular weight is 311 g/mol. The lowest BCUT2D eigenvalue weighted by Crippen LogP contribution is -2.40. The molecule has 1 amide bonds. The largest absolute Gasteiger partial charge is 0.444 e. The lowest BCUT2D eigenvalue weighted by Gasteiger charge is -2.26. The zero-order chi connectivity index (χ0) is 16.5. The van der Waals surface area contributed by atoms with E-state index < -0.39 is 29.4 Å². The number of carbonyl (C=O) groups is 2. The summed E-state index contributed by atoms with van der Waals surface area (Å²) < 4.78 is 31.9. The Balaban J connectivity index is 2.18. The number of hydrogen-bond donors (Lipinski definition) is 0. The van der Waals surface area contributed by atoms with Crippen molar-refractivity contribution in [2.24, 2.45) is 0 Å². The summed E-state index contributed by atoms with van der Waals surface area (Å²) in [5.41, 5.74) is -0.233. The molecule has 4 nitrogen and oxygen atoms in total. The fraction of sp³-hybridized carbons (Fsp3) is 0.500. The van der Waals surface area contributed by atoms with Crippen LogP contribution in [0.1, 0.15) is 38.7 Å². The van der Waals surface area contributed by atoms with Gasteiger partial charge in [0, 0.05) is 18.5 Å². The van der Waals surface area contributed by atoms with Gasteiger partial charge in [0.25, 0.3) is 0 Å². The van der Waals surface area contributed by atoms with Gasteiger partial charge in [0.1, 0.15) is 23.5 Å². The fourth-order valence-corrected chi connectivity index (χ4v) is 2.58. The van der Waals surface area contributed by atoms with Gasteiger partial charge in [-0.1, -0.05) is 0 Å². The maximum atomic E-state index is 13.3.